The molecule has 7 nitrogen and oxygen atoms in total. The van der Waals surface area contributed by atoms with Gasteiger partial charge in [-0.3, -0.25) is 14.8 Å². The number of anilines is 1. The van der Waals surface area contributed by atoms with Gasteiger partial charge in [0.05, 0.1) is 5.69 Å². The minimum Gasteiger partial charge on any atom is -0.366 e. The van der Waals surface area contributed by atoms with E-state index in [1.54, 1.807) is 37.5 Å². The predicted octanol–water partition coefficient (Wildman–Crippen LogP) is 2.29. The number of nitrogens with one attached hydrogen (secondary N) is 2. The highest BCUT2D eigenvalue weighted by molar-refractivity contribution is 5.42. The highest BCUT2D eigenvalue weighted by Gasteiger charge is 2.33. The molecule has 0 aliphatic rings. The molecule has 0 unspecified atom stereocenters. The van der Waals surface area contributed by atoms with Crippen molar-refractivity contribution in [1.29, 1.82) is 0 Å². The van der Waals surface area contributed by atoms with Crippen LogP contribution < -0.4 is 10.9 Å². The Morgan fingerprint density at radius 2 is 1.96 bits per heavy atom. The molecular weight excluding hydrogens is 337 g/mol. The Morgan fingerprint density at radius 1 is 1.24 bits per heavy atom. The van der Waals surface area contributed by atoms with Crippen LogP contribution in [-0.2, 0) is 12.7 Å². The van der Waals surface area contributed by atoms with E-state index >= 15 is 0 Å². The summed E-state index contributed by atoms with van der Waals surface area (Å²) >= 11 is 0. The summed E-state index contributed by atoms with van der Waals surface area (Å²) in [6, 6.07) is 5.64. The molecule has 3 heterocycles. The summed E-state index contributed by atoms with van der Waals surface area (Å²) in [6.45, 7) is 2.08. The van der Waals surface area contributed by atoms with Crippen molar-refractivity contribution in [3.63, 3.8) is 0 Å². The van der Waals surface area contributed by atoms with E-state index in [0.29, 0.717) is 24.1 Å². The minimum absolute atomic E-state index is 0.315. The summed E-state index contributed by atoms with van der Waals surface area (Å²) in [5, 5.41) is 7.16. The van der Waals surface area contributed by atoms with Crippen LogP contribution in [0.25, 0.3) is 5.95 Å². The zero-order valence-electron chi connectivity index (χ0n) is 13.0. The van der Waals surface area contributed by atoms with Gasteiger partial charge in [0, 0.05) is 31.1 Å². The Hall–Kier alpha value is -3.17. The van der Waals surface area contributed by atoms with Crippen molar-refractivity contribution in [2.75, 3.05) is 5.32 Å². The zero-order chi connectivity index (χ0) is 18.0. The molecule has 3 aromatic rings. The van der Waals surface area contributed by atoms with Gasteiger partial charge in [0.1, 0.15) is 5.82 Å². The minimum atomic E-state index is -4.73. The van der Waals surface area contributed by atoms with Gasteiger partial charge in [-0.15, -0.1) is 0 Å². The van der Waals surface area contributed by atoms with Crippen molar-refractivity contribution < 1.29 is 13.2 Å². The van der Waals surface area contributed by atoms with Crippen LogP contribution in [0.5, 0.6) is 0 Å². The fourth-order valence-electron chi connectivity index (χ4n) is 2.17. The summed E-state index contributed by atoms with van der Waals surface area (Å²) < 4.78 is 39.7. The first-order chi connectivity index (χ1) is 11.8. The maximum absolute atomic E-state index is 12.9. The Morgan fingerprint density at radius 3 is 2.64 bits per heavy atom. The van der Waals surface area contributed by atoms with Crippen LogP contribution in [0.4, 0.5) is 19.0 Å². The first-order valence-corrected chi connectivity index (χ1v) is 7.21. The number of hydrogen-bond acceptors (Lipinski definition) is 5. The quantitative estimate of drug-likeness (QED) is 0.754. The third kappa shape index (κ3) is 3.84. The molecule has 0 saturated heterocycles. The van der Waals surface area contributed by atoms with Gasteiger partial charge in [0.2, 0.25) is 5.95 Å². The van der Waals surface area contributed by atoms with Crippen molar-refractivity contribution in [2.24, 2.45) is 0 Å². The van der Waals surface area contributed by atoms with Crippen molar-refractivity contribution in [1.82, 2.24) is 24.7 Å². The molecule has 130 valence electrons. The number of rotatable bonds is 4. The molecule has 0 aliphatic heterocycles. The SMILES string of the molecule is Cc1cc(NCc2ccncc2)n(-c2nc(C(F)(F)F)cc(=O)[nH]2)n1. The second-order valence-electron chi connectivity index (χ2n) is 5.24. The first-order valence-electron chi connectivity index (χ1n) is 7.21. The van der Waals surface area contributed by atoms with E-state index in [1.807, 2.05) is 0 Å². The molecular formula is C15H13F3N6O. The normalized spacial score (nSPS) is 11.5. The molecule has 10 heteroatoms. The number of aromatic nitrogens is 5. The average Bonchev–Trinajstić information content (AvgIpc) is 2.93. The topological polar surface area (TPSA) is 88.5 Å². The van der Waals surface area contributed by atoms with Gasteiger partial charge in [-0.1, -0.05) is 0 Å². The smallest absolute Gasteiger partial charge is 0.366 e. The van der Waals surface area contributed by atoms with E-state index in [0.717, 1.165) is 10.2 Å². The van der Waals surface area contributed by atoms with Gasteiger partial charge in [0.15, 0.2) is 5.69 Å². The number of aromatic amines is 1. The molecule has 0 saturated carbocycles. The van der Waals surface area contributed by atoms with Crippen molar-refractivity contribution >= 4 is 5.82 Å². The summed E-state index contributed by atoms with van der Waals surface area (Å²) in [4.78, 5) is 21.2. The fourth-order valence-corrected chi connectivity index (χ4v) is 2.17. The molecule has 0 bridgehead atoms. The second kappa shape index (κ2) is 6.38. The average molecular weight is 350 g/mol. The van der Waals surface area contributed by atoms with E-state index in [2.05, 4.69) is 25.4 Å². The summed E-state index contributed by atoms with van der Waals surface area (Å²) in [5.74, 6) is 0.0851. The molecule has 0 radical (unpaired) electrons. The van der Waals surface area contributed by atoms with Crippen LogP contribution in [0, 0.1) is 6.92 Å². The Balaban J connectivity index is 1.96. The maximum Gasteiger partial charge on any atom is 0.433 e. The van der Waals surface area contributed by atoms with Gasteiger partial charge in [-0.2, -0.15) is 23.0 Å². The number of pyridine rings is 1. The van der Waals surface area contributed by atoms with Crippen LogP contribution in [0.1, 0.15) is 17.0 Å². The van der Waals surface area contributed by atoms with E-state index < -0.39 is 17.4 Å². The van der Waals surface area contributed by atoms with Gasteiger partial charge in [-0.05, 0) is 24.6 Å². The van der Waals surface area contributed by atoms with E-state index in [4.69, 9.17) is 0 Å². The van der Waals surface area contributed by atoms with Crippen molar-refractivity contribution in [2.45, 2.75) is 19.6 Å². The molecule has 0 aliphatic carbocycles. The summed E-state index contributed by atoms with van der Waals surface area (Å²) in [7, 11) is 0. The van der Waals surface area contributed by atoms with Gasteiger partial charge >= 0.3 is 6.18 Å². The third-order valence-electron chi connectivity index (χ3n) is 3.27. The van der Waals surface area contributed by atoms with Crippen LogP contribution in [0.15, 0.2) is 41.5 Å². The zero-order valence-corrected chi connectivity index (χ0v) is 13.0. The highest BCUT2D eigenvalue weighted by atomic mass is 19.4. The predicted molar refractivity (Wildman–Crippen MR) is 83.3 cm³/mol. The van der Waals surface area contributed by atoms with Crippen LogP contribution in [-0.4, -0.2) is 24.7 Å². The van der Waals surface area contributed by atoms with E-state index in [1.165, 1.54) is 0 Å². The van der Waals surface area contributed by atoms with Crippen molar-refractivity contribution in [3.8, 4) is 5.95 Å². The molecule has 0 aromatic carbocycles. The Kier molecular flexibility index (Phi) is 4.26. The largest absolute Gasteiger partial charge is 0.433 e. The van der Waals surface area contributed by atoms with Gasteiger partial charge < -0.3 is 5.32 Å². The number of halogens is 3. The van der Waals surface area contributed by atoms with Crippen LogP contribution >= 0.6 is 0 Å². The number of hydrogen-bond donors (Lipinski definition) is 2. The lowest BCUT2D eigenvalue weighted by Gasteiger charge is -2.11. The molecule has 3 rings (SSSR count). The maximum atomic E-state index is 12.9. The standard InChI is InChI=1S/C15H13F3N6O/c1-9-6-12(20-8-10-2-4-19-5-3-10)24(23-9)14-21-11(15(16,17)18)7-13(25)22-14/h2-7,20H,8H2,1H3,(H,21,22,25). The second-order valence-corrected chi connectivity index (χ2v) is 5.24. The molecule has 0 spiro atoms. The number of alkyl halides is 3. The lowest BCUT2D eigenvalue weighted by Crippen LogP contribution is -2.20. The third-order valence-corrected chi connectivity index (χ3v) is 3.27. The molecule has 0 amide bonds. The van der Waals surface area contributed by atoms with Crippen LogP contribution in [0.3, 0.4) is 0 Å². The monoisotopic (exact) mass is 350 g/mol. The Labute approximate surface area is 139 Å². The molecule has 0 fully saturated rings. The van der Waals surface area contributed by atoms with Crippen molar-refractivity contribution in [3.05, 3.63) is 64.0 Å². The van der Waals surface area contributed by atoms with E-state index in [9.17, 15) is 18.0 Å². The summed E-state index contributed by atoms with van der Waals surface area (Å²) in [5.41, 5.74) is -0.715. The molecule has 3 aromatic heterocycles. The lowest BCUT2D eigenvalue weighted by molar-refractivity contribution is -0.141. The fraction of sp³-hybridized carbons (Fsp3) is 0.200. The molecule has 25 heavy (non-hydrogen) atoms. The number of H-pyrrole nitrogens is 1. The lowest BCUT2D eigenvalue weighted by atomic mass is 10.3. The molecule has 0 atom stereocenters. The summed E-state index contributed by atoms with van der Waals surface area (Å²) in [6.07, 6.45) is -1.47. The van der Waals surface area contributed by atoms with Gasteiger partial charge in [-0.25, -0.2) is 4.98 Å². The Bertz CT molecular complexity index is 932. The molecule has 2 N–H and O–H groups in total. The van der Waals surface area contributed by atoms with E-state index in [-0.39, 0.29) is 5.95 Å². The van der Waals surface area contributed by atoms with Gasteiger partial charge in [0.25, 0.3) is 5.56 Å². The van der Waals surface area contributed by atoms with Crippen LogP contribution in [0.2, 0.25) is 0 Å². The highest BCUT2D eigenvalue weighted by Crippen LogP contribution is 2.27. The number of nitrogens with zero attached hydrogens (tertiary/aromatic N) is 4. The number of aryl methyl sites for hydroxylation is 1. The first kappa shape index (κ1) is 16.7.